The van der Waals surface area contributed by atoms with Crippen LogP contribution < -0.4 is 11.3 Å². The fourth-order valence-electron chi connectivity index (χ4n) is 5.16. The van der Waals surface area contributed by atoms with E-state index >= 15 is 0 Å². The highest BCUT2D eigenvalue weighted by atomic mass is 32.2. The van der Waals surface area contributed by atoms with Crippen LogP contribution in [0.3, 0.4) is 0 Å². The number of hydrogen-bond donors (Lipinski definition) is 2. The van der Waals surface area contributed by atoms with Crippen molar-refractivity contribution >= 4 is 32.2 Å². The third kappa shape index (κ3) is 4.35. The number of benzene rings is 3. The van der Waals surface area contributed by atoms with Gasteiger partial charge in [0.25, 0.3) is 5.56 Å². The highest BCUT2D eigenvalue weighted by Crippen LogP contribution is 2.33. The zero-order chi connectivity index (χ0) is 30.6. The lowest BCUT2D eigenvalue weighted by Crippen LogP contribution is -2.28. The minimum Gasteiger partial charge on any atom is -0.508 e. The van der Waals surface area contributed by atoms with Gasteiger partial charge in [0, 0.05) is 17.8 Å². The van der Waals surface area contributed by atoms with Gasteiger partial charge in [-0.15, -0.1) is 0 Å². The van der Waals surface area contributed by atoms with E-state index in [1.807, 2.05) is 0 Å². The summed E-state index contributed by atoms with van der Waals surface area (Å²) in [4.78, 5) is 22.5. The summed E-state index contributed by atoms with van der Waals surface area (Å²) in [6.45, 7) is -0.132. The van der Waals surface area contributed by atoms with Crippen molar-refractivity contribution in [3.8, 4) is 22.7 Å². The van der Waals surface area contributed by atoms with E-state index in [-0.39, 0.29) is 56.1 Å². The lowest BCUT2D eigenvalue weighted by atomic mass is 10.1. The summed E-state index contributed by atoms with van der Waals surface area (Å²) in [5, 5.41) is 19.6. The molecule has 0 saturated heterocycles. The van der Waals surface area contributed by atoms with Gasteiger partial charge in [-0.05, 0) is 42.5 Å². The molecule has 0 aliphatic heterocycles. The molecule has 0 fully saturated rings. The molecule has 0 aliphatic carbocycles. The van der Waals surface area contributed by atoms with Gasteiger partial charge in [0.05, 0.1) is 16.0 Å². The number of hydrogen-bond acceptors (Lipinski definition) is 9. The van der Waals surface area contributed by atoms with E-state index < -0.39 is 21.2 Å². The molecule has 0 spiro atoms. The summed E-state index contributed by atoms with van der Waals surface area (Å²) in [5.74, 6) is -0.734. The van der Waals surface area contributed by atoms with Crippen LogP contribution in [0, 0.1) is 5.82 Å². The average molecular weight is 609 g/mol. The Labute approximate surface area is 248 Å². The van der Waals surface area contributed by atoms with Crippen molar-refractivity contribution in [2.75, 3.05) is 5.73 Å². The number of para-hydroxylation sites is 1. The molecule has 0 bridgehead atoms. The molecule has 3 N–H and O–H groups in total. The molecule has 3 aromatic carbocycles. The van der Waals surface area contributed by atoms with E-state index in [0.29, 0.717) is 11.1 Å². The van der Waals surface area contributed by atoms with Crippen LogP contribution in [-0.4, -0.2) is 47.5 Å². The molecular formula is C30H21FN8O4S. The van der Waals surface area contributed by atoms with Gasteiger partial charge < -0.3 is 10.8 Å². The number of nitrogens with zero attached hydrogens (tertiary/aromatic N) is 7. The predicted octanol–water partition coefficient (Wildman–Crippen LogP) is 3.60. The van der Waals surface area contributed by atoms with Gasteiger partial charge in [-0.2, -0.15) is 10.2 Å². The molecule has 0 atom stereocenters. The van der Waals surface area contributed by atoms with E-state index in [2.05, 4.69) is 20.2 Å². The Kier molecular flexibility index (Phi) is 6.21. The summed E-state index contributed by atoms with van der Waals surface area (Å²) in [5.41, 5.74) is 6.59. The van der Waals surface area contributed by atoms with Crippen LogP contribution in [0.5, 0.6) is 5.75 Å². The molecule has 44 heavy (non-hydrogen) atoms. The van der Waals surface area contributed by atoms with Crippen molar-refractivity contribution in [1.29, 1.82) is 0 Å². The third-order valence-corrected chi connectivity index (χ3v) is 8.88. The van der Waals surface area contributed by atoms with Crippen LogP contribution in [0.15, 0.2) is 112 Å². The van der Waals surface area contributed by atoms with Crippen molar-refractivity contribution in [2.24, 2.45) is 0 Å². The van der Waals surface area contributed by atoms with Crippen LogP contribution in [0.2, 0.25) is 0 Å². The third-order valence-electron chi connectivity index (χ3n) is 7.08. The van der Waals surface area contributed by atoms with E-state index in [1.165, 1.54) is 56.6 Å². The van der Waals surface area contributed by atoms with Gasteiger partial charge in [0.2, 0.25) is 9.84 Å². The average Bonchev–Trinajstić information content (AvgIpc) is 3.61. The number of halogens is 1. The SMILES string of the molecule is Nc1ncnc2c1c(-c1cc(O)cc(F)c1)nn2Cc1nn2ccc(S(=O)(=O)c3ccccc3)c2c(=O)n1-c1ccccc1. The number of anilines is 1. The van der Waals surface area contributed by atoms with E-state index in [0.717, 1.165) is 6.07 Å². The molecule has 12 nitrogen and oxygen atoms in total. The smallest absolute Gasteiger partial charge is 0.283 e. The second kappa shape index (κ2) is 10.1. The van der Waals surface area contributed by atoms with Crippen molar-refractivity contribution in [1.82, 2.24) is 33.9 Å². The molecule has 0 radical (unpaired) electrons. The van der Waals surface area contributed by atoms with E-state index in [9.17, 15) is 22.7 Å². The number of nitrogen functional groups attached to an aromatic ring is 1. The van der Waals surface area contributed by atoms with E-state index in [1.54, 1.807) is 48.5 Å². The molecule has 7 rings (SSSR count). The van der Waals surface area contributed by atoms with Crippen LogP contribution in [0.1, 0.15) is 5.82 Å². The summed E-state index contributed by atoms with van der Waals surface area (Å²) >= 11 is 0. The van der Waals surface area contributed by atoms with Gasteiger partial charge in [-0.25, -0.2) is 32.0 Å². The molecular weight excluding hydrogens is 587 g/mol. The lowest BCUT2D eigenvalue weighted by molar-refractivity contribution is 0.469. The first-order valence-electron chi connectivity index (χ1n) is 13.2. The molecule has 4 heterocycles. The van der Waals surface area contributed by atoms with Gasteiger partial charge >= 0.3 is 0 Å². The number of aromatic hydroxyl groups is 1. The lowest BCUT2D eigenvalue weighted by Gasteiger charge is -2.14. The van der Waals surface area contributed by atoms with Crippen molar-refractivity contribution in [2.45, 2.75) is 16.3 Å². The Morgan fingerprint density at radius 1 is 0.909 bits per heavy atom. The van der Waals surface area contributed by atoms with Crippen LogP contribution in [0.25, 0.3) is 33.5 Å². The molecule has 0 unspecified atom stereocenters. The van der Waals surface area contributed by atoms with Crippen LogP contribution in [0.4, 0.5) is 10.2 Å². The van der Waals surface area contributed by atoms with Gasteiger partial charge in [-0.1, -0.05) is 36.4 Å². The standard InChI is InChI=1S/C30H21FN8O4S/c31-19-13-18(14-21(40)15-19)26-25-28(32)33-17-34-29(25)38(36-26)16-24-35-37-12-11-23(44(42,43)22-9-5-2-6-10-22)27(37)30(41)39(24)20-7-3-1-4-8-20/h1-15,17,40H,16H2,(H2,32,33,34). The van der Waals surface area contributed by atoms with Crippen molar-refractivity contribution in [3.63, 3.8) is 0 Å². The van der Waals surface area contributed by atoms with Gasteiger partial charge in [-0.3, -0.25) is 9.36 Å². The van der Waals surface area contributed by atoms with Crippen LogP contribution in [-0.2, 0) is 16.4 Å². The number of fused-ring (bicyclic) bond motifs is 2. The first-order chi connectivity index (χ1) is 21.2. The number of aromatic nitrogens is 7. The molecule has 218 valence electrons. The maximum Gasteiger partial charge on any atom is 0.283 e. The molecule has 14 heteroatoms. The Balaban J connectivity index is 1.46. The maximum atomic E-state index is 14.2. The number of phenols is 1. The summed E-state index contributed by atoms with van der Waals surface area (Å²) < 4.78 is 45.4. The first kappa shape index (κ1) is 27.0. The normalized spacial score (nSPS) is 11.8. The molecule has 0 saturated carbocycles. The summed E-state index contributed by atoms with van der Waals surface area (Å²) in [6.07, 6.45) is 2.66. The zero-order valence-corrected chi connectivity index (χ0v) is 23.4. The molecule has 0 amide bonds. The Bertz CT molecular complexity index is 2370. The van der Waals surface area contributed by atoms with Gasteiger partial charge in [0.1, 0.15) is 46.4 Å². The van der Waals surface area contributed by atoms with Crippen molar-refractivity contribution < 1.29 is 17.9 Å². The fraction of sp³-hybridized carbons (Fsp3) is 0.0333. The minimum absolute atomic E-state index is 0.0408. The summed E-state index contributed by atoms with van der Waals surface area (Å²) in [6, 6.07) is 21.3. The largest absolute Gasteiger partial charge is 0.508 e. The molecule has 0 aliphatic rings. The Morgan fingerprint density at radius 3 is 2.36 bits per heavy atom. The number of rotatable bonds is 6. The second-order valence-electron chi connectivity index (χ2n) is 9.84. The van der Waals surface area contributed by atoms with E-state index in [4.69, 9.17) is 5.73 Å². The number of phenolic OH excluding ortho intramolecular Hbond substituents is 1. The first-order valence-corrected chi connectivity index (χ1v) is 14.7. The van der Waals surface area contributed by atoms with Crippen LogP contribution >= 0.6 is 0 Å². The van der Waals surface area contributed by atoms with Crippen molar-refractivity contribution in [3.05, 3.63) is 119 Å². The minimum atomic E-state index is -4.06. The summed E-state index contributed by atoms with van der Waals surface area (Å²) in [7, 11) is -4.06. The second-order valence-corrected chi connectivity index (χ2v) is 11.8. The quantitative estimate of drug-likeness (QED) is 0.287. The molecule has 7 aromatic rings. The monoisotopic (exact) mass is 608 g/mol. The highest BCUT2D eigenvalue weighted by molar-refractivity contribution is 7.91. The molecule has 4 aromatic heterocycles. The fourth-order valence-corrected chi connectivity index (χ4v) is 6.61. The van der Waals surface area contributed by atoms with Gasteiger partial charge in [0.15, 0.2) is 11.5 Å². The Hall–Kier alpha value is -5.89. The Morgan fingerprint density at radius 2 is 1.64 bits per heavy atom. The maximum absolute atomic E-state index is 14.2. The zero-order valence-electron chi connectivity index (χ0n) is 22.6. The highest BCUT2D eigenvalue weighted by Gasteiger charge is 2.27. The number of nitrogens with two attached hydrogens (primary N) is 1. The predicted molar refractivity (Wildman–Crippen MR) is 159 cm³/mol. The number of sulfone groups is 1. The topological polar surface area (TPSA) is 163 Å².